The lowest BCUT2D eigenvalue weighted by Gasteiger charge is -2.21. The van der Waals surface area contributed by atoms with Crippen molar-refractivity contribution in [1.82, 2.24) is 15.1 Å². The number of nitrogens with one attached hydrogen (secondary N) is 1. The molecule has 1 aromatic rings. The highest BCUT2D eigenvalue weighted by atomic mass is 127. The molecule has 9 heteroatoms. The van der Waals surface area contributed by atoms with Gasteiger partial charge in [0.25, 0.3) is 5.91 Å². The second kappa shape index (κ2) is 11.8. The lowest BCUT2D eigenvalue weighted by atomic mass is 9.99. The van der Waals surface area contributed by atoms with Gasteiger partial charge in [-0.1, -0.05) is 19.1 Å². The van der Waals surface area contributed by atoms with Crippen LogP contribution in [0.3, 0.4) is 0 Å². The molecule has 8 nitrogen and oxygen atoms in total. The van der Waals surface area contributed by atoms with E-state index in [9.17, 15) is 9.59 Å². The van der Waals surface area contributed by atoms with Crippen molar-refractivity contribution >= 4 is 41.8 Å². The highest BCUT2D eigenvalue weighted by Gasteiger charge is 2.36. The average Bonchev–Trinajstić information content (AvgIpc) is 3.07. The largest absolute Gasteiger partial charge is 0.484 e. The number of halogens is 1. The summed E-state index contributed by atoms with van der Waals surface area (Å²) in [7, 11) is 6.54. The number of methoxy groups -OCH3 is 1. The number of aliphatic imine (C=N–C) groups is 1. The normalized spacial score (nSPS) is 18.7. The smallest absolute Gasteiger partial charge is 0.310 e. The van der Waals surface area contributed by atoms with Crippen LogP contribution in [-0.2, 0) is 20.9 Å². The van der Waals surface area contributed by atoms with E-state index in [0.717, 1.165) is 18.1 Å². The summed E-state index contributed by atoms with van der Waals surface area (Å²) in [5.74, 6) is 1.18. The van der Waals surface area contributed by atoms with Gasteiger partial charge in [-0.25, -0.2) is 0 Å². The molecule has 0 bridgehead atoms. The number of rotatable bonds is 6. The maximum absolute atomic E-state index is 11.9. The van der Waals surface area contributed by atoms with Gasteiger partial charge in [-0.05, 0) is 23.6 Å². The first kappa shape index (κ1) is 25.0. The Morgan fingerprint density at radius 2 is 2.03 bits per heavy atom. The molecule has 1 aliphatic heterocycles. The van der Waals surface area contributed by atoms with E-state index in [4.69, 9.17) is 9.47 Å². The molecule has 0 saturated carbocycles. The standard InChI is InChI=1S/C20H30N4O4.HI/c1-14-11-24(12-17(14)19(26)27-5)20(21-2)22-10-15-7-6-8-16(9-15)28-13-18(25)23(3)4;/h6-9,14,17H,10-13H2,1-5H3,(H,21,22);1H. The van der Waals surface area contributed by atoms with E-state index < -0.39 is 0 Å². The summed E-state index contributed by atoms with van der Waals surface area (Å²) in [6.07, 6.45) is 0. The predicted molar refractivity (Wildman–Crippen MR) is 122 cm³/mol. The van der Waals surface area contributed by atoms with Crippen LogP contribution in [0.15, 0.2) is 29.3 Å². The van der Waals surface area contributed by atoms with Gasteiger partial charge in [0, 0.05) is 40.8 Å². The molecule has 1 saturated heterocycles. The minimum atomic E-state index is -0.178. The van der Waals surface area contributed by atoms with Crippen molar-refractivity contribution in [3.63, 3.8) is 0 Å². The van der Waals surface area contributed by atoms with Gasteiger partial charge in [0.15, 0.2) is 12.6 Å². The second-order valence-corrected chi connectivity index (χ2v) is 7.14. The monoisotopic (exact) mass is 518 g/mol. The molecule has 2 atom stereocenters. The van der Waals surface area contributed by atoms with Gasteiger partial charge in [-0.3, -0.25) is 14.6 Å². The van der Waals surface area contributed by atoms with Crippen molar-refractivity contribution < 1.29 is 19.1 Å². The third kappa shape index (κ3) is 7.06. The fourth-order valence-electron chi connectivity index (χ4n) is 3.13. The summed E-state index contributed by atoms with van der Waals surface area (Å²) in [4.78, 5) is 31.5. The Bertz CT molecular complexity index is 726. The zero-order valence-corrected chi connectivity index (χ0v) is 20.0. The van der Waals surface area contributed by atoms with E-state index in [-0.39, 0.29) is 54.3 Å². The number of esters is 1. The van der Waals surface area contributed by atoms with Gasteiger partial charge in [-0.15, -0.1) is 24.0 Å². The molecule has 162 valence electrons. The molecule has 1 fully saturated rings. The average molecular weight is 518 g/mol. The molecule has 2 unspecified atom stereocenters. The van der Waals surface area contributed by atoms with Crippen LogP contribution in [-0.4, -0.2) is 75.6 Å². The predicted octanol–water partition coefficient (Wildman–Crippen LogP) is 1.59. The van der Waals surface area contributed by atoms with Crippen LogP contribution in [0.2, 0.25) is 0 Å². The van der Waals surface area contributed by atoms with Crippen molar-refractivity contribution in [3.05, 3.63) is 29.8 Å². The van der Waals surface area contributed by atoms with Gasteiger partial charge < -0.3 is 24.6 Å². The second-order valence-electron chi connectivity index (χ2n) is 7.14. The molecule has 1 heterocycles. The minimum Gasteiger partial charge on any atom is -0.484 e. The zero-order chi connectivity index (χ0) is 20.7. The molecule has 1 amide bonds. The van der Waals surface area contributed by atoms with Gasteiger partial charge in [-0.2, -0.15) is 0 Å². The van der Waals surface area contributed by atoms with Gasteiger partial charge in [0.1, 0.15) is 5.75 Å². The van der Waals surface area contributed by atoms with Crippen molar-refractivity contribution in [2.45, 2.75) is 13.5 Å². The van der Waals surface area contributed by atoms with E-state index >= 15 is 0 Å². The summed E-state index contributed by atoms with van der Waals surface area (Å²) in [5.41, 5.74) is 1.01. The summed E-state index contributed by atoms with van der Waals surface area (Å²) < 4.78 is 10.5. The molecular weight excluding hydrogens is 487 g/mol. The number of ether oxygens (including phenoxy) is 2. The van der Waals surface area contributed by atoms with E-state index in [2.05, 4.69) is 15.2 Å². The molecule has 0 aromatic heterocycles. The molecule has 0 aliphatic carbocycles. The van der Waals surface area contributed by atoms with Crippen LogP contribution in [0.1, 0.15) is 12.5 Å². The van der Waals surface area contributed by atoms with Gasteiger partial charge >= 0.3 is 5.97 Å². The van der Waals surface area contributed by atoms with Crippen molar-refractivity contribution in [2.24, 2.45) is 16.8 Å². The number of carbonyl (C=O) groups is 2. The third-order valence-corrected chi connectivity index (χ3v) is 4.84. The Hall–Kier alpha value is -2.04. The first-order valence-corrected chi connectivity index (χ1v) is 9.31. The molecular formula is C20H31IN4O4. The van der Waals surface area contributed by atoms with E-state index in [1.807, 2.05) is 31.2 Å². The lowest BCUT2D eigenvalue weighted by Crippen LogP contribution is -2.40. The molecule has 0 radical (unpaired) electrons. The van der Waals surface area contributed by atoms with Crippen molar-refractivity contribution in [1.29, 1.82) is 0 Å². The molecule has 29 heavy (non-hydrogen) atoms. The van der Waals surface area contributed by atoms with E-state index in [0.29, 0.717) is 18.8 Å². The number of amides is 1. The van der Waals surface area contributed by atoms with Crippen LogP contribution in [0, 0.1) is 11.8 Å². The molecule has 1 aliphatic rings. The number of hydrogen-bond acceptors (Lipinski definition) is 5. The van der Waals surface area contributed by atoms with Gasteiger partial charge in [0.05, 0.1) is 13.0 Å². The fraction of sp³-hybridized carbons (Fsp3) is 0.550. The maximum atomic E-state index is 11.9. The quantitative estimate of drug-likeness (QED) is 0.267. The summed E-state index contributed by atoms with van der Waals surface area (Å²) in [6.45, 7) is 3.94. The number of likely N-dealkylation sites (tertiary alicyclic amines) is 1. The maximum Gasteiger partial charge on any atom is 0.310 e. The van der Waals surface area contributed by atoms with E-state index in [1.54, 1.807) is 21.1 Å². The Balaban J connectivity index is 0.00000420. The molecule has 0 spiro atoms. The zero-order valence-electron chi connectivity index (χ0n) is 17.7. The van der Waals surface area contributed by atoms with Crippen LogP contribution in [0.25, 0.3) is 0 Å². The highest BCUT2D eigenvalue weighted by molar-refractivity contribution is 14.0. The van der Waals surface area contributed by atoms with Crippen LogP contribution < -0.4 is 10.1 Å². The van der Waals surface area contributed by atoms with Crippen molar-refractivity contribution in [2.75, 3.05) is 47.9 Å². The number of hydrogen-bond donors (Lipinski definition) is 1. The number of carbonyl (C=O) groups excluding carboxylic acids is 2. The van der Waals surface area contributed by atoms with Crippen LogP contribution >= 0.6 is 24.0 Å². The topological polar surface area (TPSA) is 83.5 Å². The summed E-state index contributed by atoms with van der Waals surface area (Å²) in [5, 5.41) is 3.33. The molecule has 1 aromatic carbocycles. The van der Waals surface area contributed by atoms with Crippen molar-refractivity contribution in [3.8, 4) is 5.75 Å². The third-order valence-electron chi connectivity index (χ3n) is 4.84. The minimum absolute atomic E-state index is 0. The first-order valence-electron chi connectivity index (χ1n) is 9.31. The highest BCUT2D eigenvalue weighted by Crippen LogP contribution is 2.24. The lowest BCUT2D eigenvalue weighted by molar-refractivity contribution is -0.146. The SMILES string of the molecule is CN=C(NCc1cccc(OCC(=O)N(C)C)c1)N1CC(C)C(C(=O)OC)C1.I. The summed E-state index contributed by atoms with van der Waals surface area (Å²) in [6, 6.07) is 7.59. The number of guanidine groups is 1. The Morgan fingerprint density at radius 1 is 1.31 bits per heavy atom. The number of likely N-dealkylation sites (N-methyl/N-ethyl adjacent to an activating group) is 1. The number of nitrogens with zero attached hydrogens (tertiary/aromatic N) is 3. The Labute approximate surface area is 189 Å². The summed E-state index contributed by atoms with van der Waals surface area (Å²) >= 11 is 0. The molecule has 2 rings (SSSR count). The molecule has 1 N–H and O–H groups in total. The van der Waals surface area contributed by atoms with Crippen LogP contribution in [0.4, 0.5) is 0 Å². The number of benzene rings is 1. The Morgan fingerprint density at radius 3 is 2.66 bits per heavy atom. The van der Waals surface area contributed by atoms with Crippen LogP contribution in [0.5, 0.6) is 5.75 Å². The van der Waals surface area contributed by atoms with Gasteiger partial charge in [0.2, 0.25) is 0 Å². The first-order chi connectivity index (χ1) is 13.3. The fourth-order valence-corrected chi connectivity index (χ4v) is 3.13. The van der Waals surface area contributed by atoms with E-state index in [1.165, 1.54) is 12.0 Å². The Kier molecular flexibility index (Phi) is 10.2.